The molecule has 0 aromatic rings. The summed E-state index contributed by atoms with van der Waals surface area (Å²) in [7, 11) is 0. The average Bonchev–Trinajstić information content (AvgIpc) is 2.40. The van der Waals surface area contributed by atoms with Gasteiger partial charge in [0, 0.05) is 6.42 Å². The molecule has 0 aromatic heterocycles. The van der Waals surface area contributed by atoms with Gasteiger partial charge in [-0.25, -0.2) is 4.39 Å². The smallest absolute Gasteiger partial charge is 0.381 e. The van der Waals surface area contributed by atoms with E-state index in [0.717, 1.165) is 0 Å². The number of carbonyl (C=O) groups is 1. The van der Waals surface area contributed by atoms with Crippen LogP contribution in [0.4, 0.5) is 39.5 Å². The Kier molecular flexibility index (Phi) is 4.57. The molecule has 1 rings (SSSR count). The maximum absolute atomic E-state index is 14.3. The molecule has 1 atom stereocenters. The summed E-state index contributed by atoms with van der Waals surface area (Å²) in [5.41, 5.74) is -5.70. The van der Waals surface area contributed by atoms with Crippen LogP contribution in [0.2, 0.25) is 0 Å². The van der Waals surface area contributed by atoms with Crippen molar-refractivity contribution in [2.45, 2.75) is 54.0 Å². The largest absolute Gasteiger partial charge is 0.465 e. The van der Waals surface area contributed by atoms with E-state index in [9.17, 15) is 44.3 Å². The zero-order chi connectivity index (χ0) is 18.7. The summed E-state index contributed by atoms with van der Waals surface area (Å²) in [4.78, 5) is 11.4. The molecule has 1 unspecified atom stereocenters. The lowest BCUT2D eigenvalue weighted by atomic mass is 9.86. The third-order valence-electron chi connectivity index (χ3n) is 3.46. The Morgan fingerprint density at radius 1 is 0.913 bits per heavy atom. The molecule has 12 heteroatoms. The molecule has 2 nitrogen and oxygen atoms in total. The molecule has 0 saturated heterocycles. The van der Waals surface area contributed by atoms with Crippen molar-refractivity contribution in [1.29, 1.82) is 0 Å². The fourth-order valence-electron chi connectivity index (χ4n) is 2.12. The molecule has 0 spiro atoms. The Hall–Kier alpha value is -0.680. The van der Waals surface area contributed by atoms with Gasteiger partial charge in [0.25, 0.3) is 5.67 Å². The van der Waals surface area contributed by atoms with Crippen LogP contribution in [0.1, 0.15) is 20.3 Å². The minimum Gasteiger partial charge on any atom is -0.465 e. The van der Waals surface area contributed by atoms with Gasteiger partial charge in [-0.15, -0.1) is 0 Å². The quantitative estimate of drug-likeness (QED) is 0.381. The van der Waals surface area contributed by atoms with E-state index in [1.54, 1.807) is 0 Å². The van der Waals surface area contributed by atoms with Gasteiger partial charge in [0.15, 0.2) is 0 Å². The van der Waals surface area contributed by atoms with Crippen molar-refractivity contribution in [3.8, 4) is 0 Å². The lowest BCUT2D eigenvalue weighted by Crippen LogP contribution is -2.58. The molecule has 0 N–H and O–H groups in total. The molecule has 0 amide bonds. The minimum absolute atomic E-state index is 0.377. The third-order valence-corrected chi connectivity index (χ3v) is 4.06. The number of halogens is 10. The maximum Gasteiger partial charge on any atom is 0.381 e. The van der Waals surface area contributed by atoms with Crippen LogP contribution in [0.5, 0.6) is 0 Å². The van der Waals surface area contributed by atoms with Crippen molar-refractivity contribution >= 4 is 21.9 Å². The van der Waals surface area contributed by atoms with Gasteiger partial charge in [-0.3, -0.25) is 4.79 Å². The van der Waals surface area contributed by atoms with Crippen LogP contribution in [0.3, 0.4) is 0 Å². The number of ether oxygens (including phenoxy) is 1. The zero-order valence-electron chi connectivity index (χ0n) is 11.5. The van der Waals surface area contributed by atoms with E-state index in [4.69, 9.17) is 0 Å². The van der Waals surface area contributed by atoms with E-state index in [2.05, 4.69) is 20.7 Å². The Morgan fingerprint density at radius 2 is 1.26 bits per heavy atom. The normalized spacial score (nSPS) is 28.9. The molecular formula is C11H10BrF9O2. The first-order valence-corrected chi connectivity index (χ1v) is 6.79. The molecule has 0 bridgehead atoms. The summed E-state index contributed by atoms with van der Waals surface area (Å²) in [5, 5.41) is 0. The zero-order valence-corrected chi connectivity index (χ0v) is 13.1. The highest BCUT2D eigenvalue weighted by atomic mass is 79.9. The highest BCUT2D eigenvalue weighted by Gasteiger charge is 3.00. The van der Waals surface area contributed by atoms with E-state index >= 15 is 0 Å². The van der Waals surface area contributed by atoms with Crippen LogP contribution >= 0.6 is 15.9 Å². The summed E-state index contributed by atoms with van der Waals surface area (Å²) in [5.74, 6) is -27.7. The van der Waals surface area contributed by atoms with E-state index in [1.165, 1.54) is 6.92 Å². The highest BCUT2D eigenvalue weighted by Crippen LogP contribution is 2.70. The molecule has 1 fully saturated rings. The number of hydrogen-bond donors (Lipinski definition) is 0. The molecule has 0 aromatic carbocycles. The van der Waals surface area contributed by atoms with Crippen molar-refractivity contribution in [3.05, 3.63) is 0 Å². The second-order valence-electron chi connectivity index (χ2n) is 5.19. The number of hydrogen-bond acceptors (Lipinski definition) is 2. The van der Waals surface area contributed by atoms with E-state index in [-0.39, 0.29) is 6.61 Å². The van der Waals surface area contributed by atoms with E-state index in [1.807, 2.05) is 0 Å². The maximum atomic E-state index is 14.3. The fraction of sp³-hybridized carbons (Fsp3) is 0.909. The second-order valence-corrected chi connectivity index (χ2v) is 6.94. The first-order valence-electron chi connectivity index (χ1n) is 6.00. The van der Waals surface area contributed by atoms with Gasteiger partial charge in [-0.2, -0.15) is 35.1 Å². The first-order chi connectivity index (χ1) is 9.94. The van der Waals surface area contributed by atoms with Gasteiger partial charge in [0.05, 0.1) is 6.61 Å². The lowest BCUT2D eigenvalue weighted by molar-refractivity contribution is -0.303. The molecule has 136 valence electrons. The van der Waals surface area contributed by atoms with Crippen LogP contribution in [-0.2, 0) is 9.53 Å². The van der Waals surface area contributed by atoms with E-state index < -0.39 is 46.1 Å². The average molecular weight is 425 g/mol. The number of rotatable bonds is 4. The minimum atomic E-state index is -6.66. The third kappa shape index (κ3) is 2.26. The predicted octanol–water partition coefficient (Wildman–Crippen LogP) is 4.36. The number of carbonyl (C=O) groups excluding carboxylic acids is 1. The Labute approximate surface area is 132 Å². The van der Waals surface area contributed by atoms with Crippen LogP contribution in [0.15, 0.2) is 0 Å². The van der Waals surface area contributed by atoms with E-state index in [0.29, 0.717) is 6.92 Å². The Balaban J connectivity index is 3.46. The van der Waals surface area contributed by atoms with Crippen molar-refractivity contribution in [1.82, 2.24) is 0 Å². The molecule has 23 heavy (non-hydrogen) atoms. The SMILES string of the molecule is CCOC(=O)C(C)(Br)CC1(F)C(F)(F)C(F)(F)C(F)(F)C1(F)F. The molecule has 1 aliphatic carbocycles. The van der Waals surface area contributed by atoms with Crippen LogP contribution in [-0.4, -0.2) is 46.3 Å². The highest BCUT2D eigenvalue weighted by molar-refractivity contribution is 9.10. The number of esters is 1. The van der Waals surface area contributed by atoms with Gasteiger partial charge in [-0.05, 0) is 13.8 Å². The van der Waals surface area contributed by atoms with Crippen LogP contribution in [0, 0.1) is 0 Å². The van der Waals surface area contributed by atoms with Crippen LogP contribution < -0.4 is 0 Å². The molecule has 0 radical (unpaired) electrons. The van der Waals surface area contributed by atoms with Crippen molar-refractivity contribution in [3.63, 3.8) is 0 Å². The fourth-order valence-corrected chi connectivity index (χ4v) is 2.62. The molecule has 1 saturated carbocycles. The Bertz CT molecular complexity index is 478. The van der Waals surface area contributed by atoms with Gasteiger partial charge >= 0.3 is 29.7 Å². The topological polar surface area (TPSA) is 26.3 Å². The molecule has 1 aliphatic rings. The summed E-state index contributed by atoms with van der Waals surface area (Å²) >= 11 is 2.30. The van der Waals surface area contributed by atoms with Crippen LogP contribution in [0.25, 0.3) is 0 Å². The second kappa shape index (κ2) is 5.16. The Morgan fingerprint density at radius 3 is 1.57 bits per heavy atom. The summed E-state index contributed by atoms with van der Waals surface area (Å²) in [6, 6.07) is 0. The number of alkyl halides is 10. The molecular weight excluding hydrogens is 415 g/mol. The summed E-state index contributed by atoms with van der Waals surface area (Å²) in [6.07, 6.45) is -2.37. The van der Waals surface area contributed by atoms with Gasteiger partial charge in [0.2, 0.25) is 0 Å². The van der Waals surface area contributed by atoms with Crippen molar-refractivity contribution < 1.29 is 49.0 Å². The molecule has 0 heterocycles. The van der Waals surface area contributed by atoms with Crippen molar-refractivity contribution in [2.24, 2.45) is 0 Å². The first kappa shape index (κ1) is 20.4. The summed E-state index contributed by atoms with van der Waals surface area (Å²) < 4.78 is 122. The standard InChI is InChI=1S/C11H10BrF9O2/c1-3-23-5(22)6(2,12)4-7(13)8(14,15)10(18,19)11(20,21)9(7,16)17/h3-4H2,1-2H3. The van der Waals surface area contributed by atoms with Gasteiger partial charge in [0.1, 0.15) is 4.32 Å². The molecule has 0 aliphatic heterocycles. The lowest BCUT2D eigenvalue weighted by Gasteiger charge is -2.35. The predicted molar refractivity (Wildman–Crippen MR) is 62.2 cm³/mol. The van der Waals surface area contributed by atoms with Gasteiger partial charge < -0.3 is 4.74 Å². The van der Waals surface area contributed by atoms with Gasteiger partial charge in [-0.1, -0.05) is 15.9 Å². The van der Waals surface area contributed by atoms with Crippen molar-refractivity contribution in [2.75, 3.05) is 6.61 Å². The monoisotopic (exact) mass is 424 g/mol. The summed E-state index contributed by atoms with van der Waals surface area (Å²) in [6.45, 7) is 1.42.